The quantitative estimate of drug-likeness (QED) is 0.824. The van der Waals surface area contributed by atoms with E-state index in [1.165, 1.54) is 19.3 Å². The van der Waals surface area contributed by atoms with E-state index in [1.807, 2.05) is 18.2 Å². The van der Waals surface area contributed by atoms with E-state index in [9.17, 15) is 0 Å². The molecule has 2 rings (SSSR count). The molecule has 3 nitrogen and oxygen atoms in total. The zero-order valence-corrected chi connectivity index (χ0v) is 10.6. The summed E-state index contributed by atoms with van der Waals surface area (Å²) in [6.07, 6.45) is 5.03. The molecule has 2 N–H and O–H groups in total. The maximum absolute atomic E-state index is 6.22. The molecule has 1 atom stereocenters. The molecule has 0 saturated heterocycles. The number of hydrogen-bond acceptors (Lipinski definition) is 3. The molecule has 1 unspecified atom stereocenters. The first kappa shape index (κ1) is 12.2. The standard InChI is InChI=1S/C14H21NO2/c1-16-11-6-7-12(14(9-11)17-2)13(15)8-5-10-3-4-10/h6-7,9-10,13H,3-5,8,15H2,1-2H3. The summed E-state index contributed by atoms with van der Waals surface area (Å²) in [6, 6.07) is 5.91. The average molecular weight is 235 g/mol. The van der Waals surface area contributed by atoms with Crippen LogP contribution in [-0.2, 0) is 0 Å². The van der Waals surface area contributed by atoms with E-state index in [0.29, 0.717) is 0 Å². The maximum atomic E-state index is 6.22. The van der Waals surface area contributed by atoms with Crippen LogP contribution in [0.2, 0.25) is 0 Å². The van der Waals surface area contributed by atoms with Gasteiger partial charge in [-0.25, -0.2) is 0 Å². The lowest BCUT2D eigenvalue weighted by Gasteiger charge is -2.16. The van der Waals surface area contributed by atoms with Crippen LogP contribution < -0.4 is 15.2 Å². The molecule has 0 heterocycles. The molecule has 17 heavy (non-hydrogen) atoms. The molecule has 0 amide bonds. The highest BCUT2D eigenvalue weighted by Gasteiger charge is 2.22. The number of benzene rings is 1. The molecule has 1 aromatic rings. The third-order valence-electron chi connectivity index (χ3n) is 3.42. The van der Waals surface area contributed by atoms with E-state index < -0.39 is 0 Å². The van der Waals surface area contributed by atoms with Gasteiger partial charge in [0.2, 0.25) is 0 Å². The Morgan fingerprint density at radius 3 is 2.65 bits per heavy atom. The predicted octanol–water partition coefficient (Wildman–Crippen LogP) is 2.89. The molecular weight excluding hydrogens is 214 g/mol. The van der Waals surface area contributed by atoms with Gasteiger partial charge in [0.15, 0.2) is 0 Å². The van der Waals surface area contributed by atoms with Crippen molar-refractivity contribution < 1.29 is 9.47 Å². The Kier molecular flexibility index (Phi) is 3.89. The molecule has 1 aliphatic rings. The van der Waals surface area contributed by atoms with E-state index >= 15 is 0 Å². The number of rotatable bonds is 6. The summed E-state index contributed by atoms with van der Waals surface area (Å²) in [5.41, 5.74) is 7.30. The van der Waals surface area contributed by atoms with Crippen LogP contribution in [0.1, 0.15) is 37.3 Å². The van der Waals surface area contributed by atoms with Gasteiger partial charge in [0, 0.05) is 17.7 Å². The Balaban J connectivity index is 2.06. The maximum Gasteiger partial charge on any atom is 0.127 e. The van der Waals surface area contributed by atoms with Crippen LogP contribution in [0.3, 0.4) is 0 Å². The van der Waals surface area contributed by atoms with Crippen molar-refractivity contribution in [3.8, 4) is 11.5 Å². The highest BCUT2D eigenvalue weighted by Crippen LogP contribution is 2.37. The Labute approximate surface area is 103 Å². The average Bonchev–Trinajstić information content (AvgIpc) is 3.19. The Hall–Kier alpha value is -1.22. The molecule has 1 fully saturated rings. The molecule has 0 bridgehead atoms. The first-order valence-electron chi connectivity index (χ1n) is 6.22. The predicted molar refractivity (Wildman–Crippen MR) is 68.4 cm³/mol. The van der Waals surface area contributed by atoms with Crippen LogP contribution in [0.4, 0.5) is 0 Å². The lowest BCUT2D eigenvalue weighted by atomic mass is 10.0. The van der Waals surface area contributed by atoms with Crippen LogP contribution in [-0.4, -0.2) is 14.2 Å². The molecule has 1 saturated carbocycles. The number of hydrogen-bond donors (Lipinski definition) is 1. The summed E-state index contributed by atoms with van der Waals surface area (Å²) < 4.78 is 10.6. The third kappa shape index (κ3) is 3.13. The summed E-state index contributed by atoms with van der Waals surface area (Å²) in [5.74, 6) is 2.55. The zero-order chi connectivity index (χ0) is 12.3. The lowest BCUT2D eigenvalue weighted by Crippen LogP contribution is -2.11. The fourth-order valence-electron chi connectivity index (χ4n) is 2.10. The van der Waals surface area contributed by atoms with E-state index in [1.54, 1.807) is 14.2 Å². The normalized spacial score (nSPS) is 16.6. The minimum atomic E-state index is 0.0662. The summed E-state index contributed by atoms with van der Waals surface area (Å²) >= 11 is 0. The summed E-state index contributed by atoms with van der Waals surface area (Å²) in [7, 11) is 3.33. The highest BCUT2D eigenvalue weighted by atomic mass is 16.5. The third-order valence-corrected chi connectivity index (χ3v) is 3.42. The van der Waals surface area contributed by atoms with Gasteiger partial charge < -0.3 is 15.2 Å². The van der Waals surface area contributed by atoms with Gasteiger partial charge >= 0.3 is 0 Å². The second kappa shape index (κ2) is 5.41. The lowest BCUT2D eigenvalue weighted by molar-refractivity contribution is 0.386. The first-order valence-corrected chi connectivity index (χ1v) is 6.22. The molecular formula is C14H21NO2. The van der Waals surface area contributed by atoms with Gasteiger partial charge in [0.1, 0.15) is 11.5 Å². The first-order chi connectivity index (χ1) is 8.24. The summed E-state index contributed by atoms with van der Waals surface area (Å²) in [4.78, 5) is 0. The topological polar surface area (TPSA) is 44.5 Å². The van der Waals surface area contributed by atoms with Crippen LogP contribution >= 0.6 is 0 Å². The fourth-order valence-corrected chi connectivity index (χ4v) is 2.10. The SMILES string of the molecule is COc1ccc(C(N)CCC2CC2)c(OC)c1. The van der Waals surface area contributed by atoms with Gasteiger partial charge in [-0.15, -0.1) is 0 Å². The minimum absolute atomic E-state index is 0.0662. The molecule has 1 aliphatic carbocycles. The molecule has 94 valence electrons. The molecule has 1 aromatic carbocycles. The van der Waals surface area contributed by atoms with Crippen LogP contribution in [0.15, 0.2) is 18.2 Å². The van der Waals surface area contributed by atoms with Gasteiger partial charge in [-0.1, -0.05) is 18.9 Å². The van der Waals surface area contributed by atoms with Gasteiger partial charge in [-0.3, -0.25) is 0 Å². The summed E-state index contributed by atoms with van der Waals surface area (Å²) in [5, 5.41) is 0. The van der Waals surface area contributed by atoms with Gasteiger partial charge in [-0.05, 0) is 24.8 Å². The second-order valence-corrected chi connectivity index (χ2v) is 4.74. The molecule has 0 aromatic heterocycles. The van der Waals surface area contributed by atoms with Crippen molar-refractivity contribution in [3.05, 3.63) is 23.8 Å². The van der Waals surface area contributed by atoms with Gasteiger partial charge in [0.25, 0.3) is 0 Å². The Bertz CT molecular complexity index is 374. The van der Waals surface area contributed by atoms with Crippen molar-refractivity contribution in [2.45, 2.75) is 31.7 Å². The zero-order valence-electron chi connectivity index (χ0n) is 10.6. The van der Waals surface area contributed by atoms with E-state index in [2.05, 4.69) is 0 Å². The van der Waals surface area contributed by atoms with Crippen molar-refractivity contribution in [2.24, 2.45) is 11.7 Å². The van der Waals surface area contributed by atoms with Gasteiger partial charge in [-0.2, -0.15) is 0 Å². The fraction of sp³-hybridized carbons (Fsp3) is 0.571. The van der Waals surface area contributed by atoms with Crippen LogP contribution in [0, 0.1) is 5.92 Å². The number of nitrogens with two attached hydrogens (primary N) is 1. The largest absolute Gasteiger partial charge is 0.497 e. The molecule has 0 radical (unpaired) electrons. The molecule has 3 heteroatoms. The second-order valence-electron chi connectivity index (χ2n) is 4.74. The summed E-state index contributed by atoms with van der Waals surface area (Å²) in [6.45, 7) is 0. The Morgan fingerprint density at radius 2 is 2.06 bits per heavy atom. The minimum Gasteiger partial charge on any atom is -0.497 e. The van der Waals surface area contributed by atoms with Crippen LogP contribution in [0.5, 0.6) is 11.5 Å². The molecule has 0 spiro atoms. The molecule has 0 aliphatic heterocycles. The van der Waals surface area contributed by atoms with Gasteiger partial charge in [0.05, 0.1) is 14.2 Å². The number of ether oxygens (including phenoxy) is 2. The number of methoxy groups -OCH3 is 2. The van der Waals surface area contributed by atoms with Crippen molar-refractivity contribution in [1.82, 2.24) is 0 Å². The van der Waals surface area contributed by atoms with Crippen LogP contribution in [0.25, 0.3) is 0 Å². The Morgan fingerprint density at radius 1 is 1.29 bits per heavy atom. The van der Waals surface area contributed by atoms with Crippen molar-refractivity contribution in [3.63, 3.8) is 0 Å². The van der Waals surface area contributed by atoms with Crippen molar-refractivity contribution in [2.75, 3.05) is 14.2 Å². The smallest absolute Gasteiger partial charge is 0.127 e. The highest BCUT2D eigenvalue weighted by molar-refractivity contribution is 5.42. The van der Waals surface area contributed by atoms with E-state index in [0.717, 1.165) is 29.4 Å². The van der Waals surface area contributed by atoms with E-state index in [-0.39, 0.29) is 6.04 Å². The monoisotopic (exact) mass is 235 g/mol. The van der Waals surface area contributed by atoms with Crippen molar-refractivity contribution in [1.29, 1.82) is 0 Å². The van der Waals surface area contributed by atoms with Crippen molar-refractivity contribution >= 4 is 0 Å². The van der Waals surface area contributed by atoms with E-state index in [4.69, 9.17) is 15.2 Å².